The zero-order valence-electron chi connectivity index (χ0n) is 26.0. The SMILES string of the molecule is CCCCc1ccc(F)cc1O[C@H](C)CN[C@H](C(=O)N(C)[C@H](C)C(=O)N[C@H](Cc1ccc(F)cc1)C(C)=O)C(C)CC. The second-order valence-electron chi connectivity index (χ2n) is 11.2. The van der Waals surface area contributed by atoms with E-state index in [1.165, 1.54) is 36.1 Å². The average molecular weight is 588 g/mol. The third-order valence-corrected chi connectivity index (χ3v) is 7.73. The van der Waals surface area contributed by atoms with E-state index < -0.39 is 24.0 Å². The summed E-state index contributed by atoms with van der Waals surface area (Å²) in [5.74, 6) is -1.24. The molecule has 0 aliphatic heterocycles. The molecular formula is C33H47F2N3O4. The number of amides is 2. The molecule has 2 aromatic rings. The van der Waals surface area contributed by atoms with Crippen molar-refractivity contribution in [1.29, 1.82) is 0 Å². The molecule has 0 bridgehead atoms. The van der Waals surface area contributed by atoms with Crippen molar-refractivity contribution in [1.82, 2.24) is 15.5 Å². The van der Waals surface area contributed by atoms with Gasteiger partial charge in [0, 0.05) is 19.7 Å². The number of benzene rings is 2. The first-order valence-corrected chi connectivity index (χ1v) is 14.9. The number of ketones is 1. The van der Waals surface area contributed by atoms with Crippen molar-refractivity contribution in [3.8, 4) is 5.75 Å². The van der Waals surface area contributed by atoms with E-state index in [0.29, 0.717) is 17.9 Å². The van der Waals surface area contributed by atoms with Crippen LogP contribution in [-0.2, 0) is 27.2 Å². The smallest absolute Gasteiger partial charge is 0.243 e. The maximum atomic E-state index is 14.0. The number of hydrogen-bond acceptors (Lipinski definition) is 5. The minimum Gasteiger partial charge on any atom is -0.489 e. The molecule has 0 aliphatic carbocycles. The maximum Gasteiger partial charge on any atom is 0.243 e. The number of unbranched alkanes of at least 4 members (excludes halogenated alkanes) is 1. The molecule has 9 heteroatoms. The van der Waals surface area contributed by atoms with Crippen LogP contribution in [0, 0.1) is 17.6 Å². The van der Waals surface area contributed by atoms with Crippen molar-refractivity contribution in [2.75, 3.05) is 13.6 Å². The summed E-state index contributed by atoms with van der Waals surface area (Å²) in [5.41, 5.74) is 1.66. The summed E-state index contributed by atoms with van der Waals surface area (Å²) in [4.78, 5) is 40.4. The molecule has 2 rings (SSSR count). The van der Waals surface area contributed by atoms with Crippen molar-refractivity contribution >= 4 is 17.6 Å². The van der Waals surface area contributed by atoms with Gasteiger partial charge in [-0.1, -0.05) is 51.8 Å². The largest absolute Gasteiger partial charge is 0.489 e. The molecule has 0 spiro atoms. The van der Waals surface area contributed by atoms with Gasteiger partial charge >= 0.3 is 0 Å². The highest BCUT2D eigenvalue weighted by molar-refractivity contribution is 5.93. The number of nitrogens with one attached hydrogen (secondary N) is 2. The van der Waals surface area contributed by atoms with E-state index in [9.17, 15) is 23.2 Å². The minimum absolute atomic E-state index is 0.0415. The summed E-state index contributed by atoms with van der Waals surface area (Å²) < 4.78 is 33.3. The number of nitrogens with zero attached hydrogens (tertiary/aromatic N) is 1. The highest BCUT2D eigenvalue weighted by atomic mass is 19.1. The van der Waals surface area contributed by atoms with Crippen LogP contribution in [0.1, 0.15) is 71.9 Å². The fourth-order valence-electron chi connectivity index (χ4n) is 4.56. The van der Waals surface area contributed by atoms with Gasteiger partial charge in [0.1, 0.15) is 29.5 Å². The van der Waals surface area contributed by atoms with Gasteiger partial charge in [-0.3, -0.25) is 14.4 Å². The Kier molecular flexibility index (Phi) is 14.1. The fourth-order valence-corrected chi connectivity index (χ4v) is 4.56. The average Bonchev–Trinajstić information content (AvgIpc) is 2.96. The van der Waals surface area contributed by atoms with Gasteiger partial charge in [0.15, 0.2) is 5.78 Å². The Morgan fingerprint density at radius 1 is 0.976 bits per heavy atom. The van der Waals surface area contributed by atoms with Gasteiger partial charge in [-0.05, 0) is 75.3 Å². The number of halogens is 2. The van der Waals surface area contributed by atoms with Gasteiger partial charge in [0.25, 0.3) is 0 Å². The molecule has 232 valence electrons. The van der Waals surface area contributed by atoms with Crippen LogP contribution in [0.15, 0.2) is 42.5 Å². The molecule has 0 saturated heterocycles. The van der Waals surface area contributed by atoms with Gasteiger partial charge in [-0.2, -0.15) is 0 Å². The van der Waals surface area contributed by atoms with Crippen LogP contribution in [-0.4, -0.2) is 60.3 Å². The van der Waals surface area contributed by atoms with Crippen LogP contribution in [0.4, 0.5) is 8.78 Å². The number of carbonyl (C=O) groups is 3. The Hall–Kier alpha value is -3.33. The zero-order valence-corrected chi connectivity index (χ0v) is 26.0. The van der Waals surface area contributed by atoms with Crippen LogP contribution in [0.5, 0.6) is 5.75 Å². The maximum absolute atomic E-state index is 14.0. The van der Waals surface area contributed by atoms with E-state index in [1.54, 1.807) is 32.2 Å². The molecule has 0 saturated carbocycles. The van der Waals surface area contributed by atoms with Gasteiger partial charge < -0.3 is 20.3 Å². The molecule has 2 N–H and O–H groups in total. The van der Waals surface area contributed by atoms with Crippen LogP contribution >= 0.6 is 0 Å². The number of likely N-dealkylation sites (N-methyl/N-ethyl adjacent to an activating group) is 1. The van der Waals surface area contributed by atoms with Gasteiger partial charge in [0.2, 0.25) is 11.8 Å². The normalized spacial score (nSPS) is 14.8. The lowest BCUT2D eigenvalue weighted by molar-refractivity contribution is -0.141. The van der Waals surface area contributed by atoms with Crippen molar-refractivity contribution in [2.24, 2.45) is 5.92 Å². The molecule has 42 heavy (non-hydrogen) atoms. The van der Waals surface area contributed by atoms with Gasteiger partial charge in [-0.15, -0.1) is 0 Å². The first kappa shape index (κ1) is 34.9. The first-order valence-electron chi connectivity index (χ1n) is 14.9. The minimum atomic E-state index is -0.844. The Balaban J connectivity index is 2.06. The summed E-state index contributed by atoms with van der Waals surface area (Å²) in [6, 6.07) is 8.11. The van der Waals surface area contributed by atoms with Crippen molar-refractivity contribution in [2.45, 2.75) is 97.9 Å². The number of hydrogen-bond donors (Lipinski definition) is 2. The van der Waals surface area contributed by atoms with E-state index in [4.69, 9.17) is 4.74 Å². The molecule has 2 amide bonds. The standard InChI is InChI=1S/C33H47F2N3O4/c1-8-10-11-26-14-17-28(35)19-30(26)42-22(4)20-36-31(21(3)9-2)33(41)38(7)23(5)32(40)37-29(24(6)39)18-25-12-15-27(34)16-13-25/h12-17,19,21-23,29,31,36H,8-11,18,20H2,1-7H3,(H,37,40)/t21?,22-,23-,29-,31+/m1/s1. The Morgan fingerprint density at radius 2 is 1.62 bits per heavy atom. The number of aryl methyl sites for hydroxylation is 1. The molecule has 2 aromatic carbocycles. The van der Waals surface area contributed by atoms with Crippen LogP contribution < -0.4 is 15.4 Å². The quantitative estimate of drug-likeness (QED) is 0.264. The van der Waals surface area contributed by atoms with E-state index in [2.05, 4.69) is 17.6 Å². The Morgan fingerprint density at radius 3 is 2.21 bits per heavy atom. The number of Topliss-reactive ketones (excluding diaryl/α,β-unsaturated/α-hetero) is 1. The first-order chi connectivity index (χ1) is 19.9. The highest BCUT2D eigenvalue weighted by Gasteiger charge is 2.32. The molecule has 0 fully saturated rings. The molecule has 5 atom stereocenters. The molecule has 1 unspecified atom stereocenters. The topological polar surface area (TPSA) is 87.7 Å². The lowest BCUT2D eigenvalue weighted by Gasteiger charge is -2.32. The third kappa shape index (κ3) is 10.5. The number of carbonyl (C=O) groups excluding carboxylic acids is 3. The Bertz CT molecular complexity index is 1170. The molecule has 0 heterocycles. The van der Waals surface area contributed by atoms with E-state index >= 15 is 0 Å². The molecule has 7 nitrogen and oxygen atoms in total. The van der Waals surface area contributed by atoms with Crippen LogP contribution in [0.25, 0.3) is 0 Å². The third-order valence-electron chi connectivity index (χ3n) is 7.73. The van der Waals surface area contributed by atoms with E-state index in [1.807, 2.05) is 20.8 Å². The summed E-state index contributed by atoms with van der Waals surface area (Å²) in [6.45, 7) is 11.2. The highest BCUT2D eigenvalue weighted by Crippen LogP contribution is 2.23. The molecular weight excluding hydrogens is 540 g/mol. The van der Waals surface area contributed by atoms with Crippen molar-refractivity contribution in [3.05, 3.63) is 65.2 Å². The zero-order chi connectivity index (χ0) is 31.4. The number of ether oxygens (including phenoxy) is 1. The summed E-state index contributed by atoms with van der Waals surface area (Å²) >= 11 is 0. The van der Waals surface area contributed by atoms with Crippen molar-refractivity contribution in [3.63, 3.8) is 0 Å². The molecule has 0 aliphatic rings. The number of rotatable bonds is 17. The lowest BCUT2D eigenvalue weighted by atomic mass is 9.97. The summed E-state index contributed by atoms with van der Waals surface area (Å²) in [7, 11) is 1.57. The molecule has 0 aromatic heterocycles. The second-order valence-corrected chi connectivity index (χ2v) is 11.2. The van der Waals surface area contributed by atoms with Crippen molar-refractivity contribution < 1.29 is 27.9 Å². The fraction of sp³-hybridized carbons (Fsp3) is 0.545. The van der Waals surface area contributed by atoms with Gasteiger partial charge in [-0.25, -0.2) is 8.78 Å². The summed E-state index contributed by atoms with van der Waals surface area (Å²) in [5, 5.41) is 6.06. The molecule has 0 radical (unpaired) electrons. The van der Waals surface area contributed by atoms with Crippen LogP contribution in [0.3, 0.4) is 0 Å². The predicted octanol–water partition coefficient (Wildman–Crippen LogP) is 5.24. The van der Waals surface area contributed by atoms with Gasteiger partial charge in [0.05, 0.1) is 12.1 Å². The van der Waals surface area contributed by atoms with Crippen LogP contribution in [0.2, 0.25) is 0 Å². The van der Waals surface area contributed by atoms with E-state index in [0.717, 1.165) is 31.2 Å². The van der Waals surface area contributed by atoms with E-state index in [-0.39, 0.29) is 41.8 Å². The summed E-state index contributed by atoms with van der Waals surface area (Å²) in [6.07, 6.45) is 3.37. The second kappa shape index (κ2) is 16.9. The Labute approximate surface area is 249 Å². The lowest BCUT2D eigenvalue weighted by Crippen LogP contribution is -2.56. The monoisotopic (exact) mass is 587 g/mol. The predicted molar refractivity (Wildman–Crippen MR) is 161 cm³/mol.